The molecule has 2 aromatic rings. The first kappa shape index (κ1) is 21.0. The fraction of sp³-hybridized carbons (Fsp3) is 0.636. The lowest BCUT2D eigenvalue weighted by molar-refractivity contribution is -0.144. The summed E-state index contributed by atoms with van der Waals surface area (Å²) in [5.74, 6) is 0.160. The summed E-state index contributed by atoms with van der Waals surface area (Å²) in [5.41, 5.74) is 0.327. The quantitative estimate of drug-likeness (QED) is 0.671. The highest BCUT2D eigenvalue weighted by Crippen LogP contribution is 2.62. The highest BCUT2D eigenvalue weighted by atomic mass is 32.1. The molecule has 2 heterocycles. The van der Waals surface area contributed by atoms with Crippen LogP contribution in [-0.2, 0) is 17.8 Å². The Morgan fingerprint density at radius 3 is 2.90 bits per heavy atom. The Labute approximate surface area is 180 Å². The van der Waals surface area contributed by atoms with Crippen molar-refractivity contribution in [1.29, 1.82) is 0 Å². The number of amides is 1. The van der Waals surface area contributed by atoms with Gasteiger partial charge in [0.1, 0.15) is 0 Å². The molecule has 0 saturated heterocycles. The number of aliphatic hydroxyl groups excluding tert-OH is 2. The van der Waals surface area contributed by atoms with Crippen molar-refractivity contribution in [2.75, 3.05) is 6.61 Å². The van der Waals surface area contributed by atoms with Gasteiger partial charge in [-0.3, -0.25) is 4.79 Å². The van der Waals surface area contributed by atoms with Gasteiger partial charge in [-0.05, 0) is 49.0 Å². The van der Waals surface area contributed by atoms with Crippen molar-refractivity contribution in [2.45, 2.75) is 65.0 Å². The summed E-state index contributed by atoms with van der Waals surface area (Å²) in [6.45, 7) is 6.78. The van der Waals surface area contributed by atoms with Crippen LogP contribution >= 0.6 is 22.7 Å². The smallest absolute Gasteiger partial charge is 0.220 e. The summed E-state index contributed by atoms with van der Waals surface area (Å²) in [6, 6.07) is 4.02. The van der Waals surface area contributed by atoms with Crippen molar-refractivity contribution >= 4 is 28.6 Å². The van der Waals surface area contributed by atoms with Crippen molar-refractivity contribution < 1.29 is 15.0 Å². The van der Waals surface area contributed by atoms with E-state index in [0.29, 0.717) is 19.4 Å². The van der Waals surface area contributed by atoms with Crippen LogP contribution < -0.4 is 5.32 Å². The third-order valence-electron chi connectivity index (χ3n) is 7.43. The molecule has 5 unspecified atom stereocenters. The van der Waals surface area contributed by atoms with Gasteiger partial charge in [0.05, 0.1) is 30.0 Å². The summed E-state index contributed by atoms with van der Waals surface area (Å²) >= 11 is 3.34. The number of aromatic nitrogens is 1. The van der Waals surface area contributed by atoms with Gasteiger partial charge in [0.15, 0.2) is 0 Å². The summed E-state index contributed by atoms with van der Waals surface area (Å²) in [6.07, 6.45) is 2.18. The molecule has 5 nitrogen and oxygen atoms in total. The number of aliphatic hydroxyl groups is 2. The maximum Gasteiger partial charge on any atom is 0.220 e. The average molecular weight is 435 g/mol. The molecule has 0 aromatic carbocycles. The predicted octanol–water partition coefficient (Wildman–Crippen LogP) is 3.64. The monoisotopic (exact) mass is 434 g/mol. The van der Waals surface area contributed by atoms with Crippen LogP contribution in [0.5, 0.6) is 0 Å². The summed E-state index contributed by atoms with van der Waals surface area (Å²) in [5, 5.41) is 27.1. The van der Waals surface area contributed by atoms with E-state index in [2.05, 4.69) is 12.2 Å². The van der Waals surface area contributed by atoms with E-state index in [9.17, 15) is 15.0 Å². The number of aryl methyl sites for hydroxylation is 1. The first-order valence-electron chi connectivity index (χ1n) is 10.3. The van der Waals surface area contributed by atoms with E-state index in [1.54, 1.807) is 22.7 Å². The summed E-state index contributed by atoms with van der Waals surface area (Å²) in [7, 11) is 0. The van der Waals surface area contributed by atoms with Gasteiger partial charge in [-0.1, -0.05) is 19.9 Å². The van der Waals surface area contributed by atoms with Gasteiger partial charge in [0.2, 0.25) is 5.91 Å². The molecule has 29 heavy (non-hydrogen) atoms. The molecule has 4 rings (SSSR count). The largest absolute Gasteiger partial charge is 0.396 e. The zero-order chi connectivity index (χ0) is 20.8. The minimum absolute atomic E-state index is 0.00270. The number of thiazole rings is 1. The Hall–Kier alpha value is -1.28. The first-order valence-corrected chi connectivity index (χ1v) is 12.0. The molecule has 0 aliphatic heterocycles. The Morgan fingerprint density at radius 1 is 1.41 bits per heavy atom. The molecule has 5 atom stereocenters. The molecule has 0 spiro atoms. The van der Waals surface area contributed by atoms with Crippen molar-refractivity contribution in [1.82, 2.24) is 10.3 Å². The molecule has 7 heteroatoms. The number of carbonyl (C=O) groups is 1. The second kappa shape index (κ2) is 7.76. The van der Waals surface area contributed by atoms with Crippen LogP contribution in [0.2, 0.25) is 0 Å². The number of hydrogen-bond acceptors (Lipinski definition) is 6. The Bertz CT molecular complexity index is 881. The summed E-state index contributed by atoms with van der Waals surface area (Å²) < 4.78 is 0. The van der Waals surface area contributed by atoms with Crippen LogP contribution in [-0.4, -0.2) is 33.8 Å². The van der Waals surface area contributed by atoms with Gasteiger partial charge in [0, 0.05) is 27.5 Å². The molecule has 0 radical (unpaired) electrons. The van der Waals surface area contributed by atoms with Gasteiger partial charge in [0.25, 0.3) is 0 Å². The van der Waals surface area contributed by atoms with Crippen molar-refractivity contribution in [3.63, 3.8) is 0 Å². The molecule has 2 aliphatic carbocycles. The average Bonchev–Trinajstić information content (AvgIpc) is 3.34. The normalized spacial score (nSPS) is 33.8. The topological polar surface area (TPSA) is 82.5 Å². The van der Waals surface area contributed by atoms with Crippen LogP contribution in [0.1, 0.15) is 59.5 Å². The summed E-state index contributed by atoms with van der Waals surface area (Å²) in [4.78, 5) is 20.1. The molecule has 0 bridgehead atoms. The minimum atomic E-state index is -0.561. The lowest BCUT2D eigenvalue weighted by atomic mass is 9.47. The van der Waals surface area contributed by atoms with Gasteiger partial charge in [-0.25, -0.2) is 4.98 Å². The van der Waals surface area contributed by atoms with Crippen LogP contribution in [0.3, 0.4) is 0 Å². The molecule has 1 fully saturated rings. The van der Waals surface area contributed by atoms with Crippen LogP contribution in [0.25, 0.3) is 0 Å². The Morgan fingerprint density at radius 2 is 2.21 bits per heavy atom. The Balaban J connectivity index is 1.64. The predicted molar refractivity (Wildman–Crippen MR) is 116 cm³/mol. The number of nitrogens with one attached hydrogen (secondary N) is 1. The lowest BCUT2D eigenvalue weighted by Crippen LogP contribution is -2.57. The molecule has 2 aromatic heterocycles. The van der Waals surface area contributed by atoms with Crippen molar-refractivity contribution in [2.24, 2.45) is 16.7 Å². The maximum absolute atomic E-state index is 12.9. The van der Waals surface area contributed by atoms with Gasteiger partial charge in [-0.15, -0.1) is 22.7 Å². The number of fused-ring (bicyclic) bond motifs is 2. The van der Waals surface area contributed by atoms with Crippen molar-refractivity contribution in [3.8, 4) is 0 Å². The molecule has 1 saturated carbocycles. The number of nitrogens with zero attached hydrogens (tertiary/aromatic N) is 1. The molecule has 3 N–H and O–H groups in total. The van der Waals surface area contributed by atoms with Crippen molar-refractivity contribution in [3.05, 3.63) is 38.0 Å². The third-order valence-corrected chi connectivity index (χ3v) is 9.32. The first-order chi connectivity index (χ1) is 13.8. The zero-order valence-corrected chi connectivity index (χ0v) is 18.9. The van der Waals surface area contributed by atoms with E-state index >= 15 is 0 Å². The van der Waals surface area contributed by atoms with Crippen LogP contribution in [0.4, 0.5) is 0 Å². The van der Waals surface area contributed by atoms with E-state index in [0.717, 1.165) is 28.4 Å². The fourth-order valence-electron chi connectivity index (χ4n) is 5.62. The number of rotatable bonds is 5. The Kier molecular flexibility index (Phi) is 5.61. The zero-order valence-electron chi connectivity index (χ0n) is 17.3. The van der Waals surface area contributed by atoms with E-state index in [1.165, 1.54) is 4.88 Å². The number of carbonyl (C=O) groups excluding carboxylic acids is 1. The van der Waals surface area contributed by atoms with Gasteiger partial charge >= 0.3 is 0 Å². The number of thiophene rings is 1. The van der Waals surface area contributed by atoms with Gasteiger partial charge in [-0.2, -0.15) is 0 Å². The minimum Gasteiger partial charge on any atom is -0.396 e. The SMILES string of the molecule is Cc1nc2c(s1)CC1C(C)(CO)C(O)CCC1(C)C2CC(=O)NCc1cccs1. The fourth-order valence-corrected chi connectivity index (χ4v) is 7.31. The molecule has 1 amide bonds. The lowest BCUT2D eigenvalue weighted by Gasteiger charge is -2.58. The third kappa shape index (κ3) is 3.56. The maximum atomic E-state index is 12.9. The molecular weight excluding hydrogens is 404 g/mol. The van der Waals surface area contributed by atoms with E-state index < -0.39 is 11.5 Å². The molecular formula is C22H30N2O3S2. The van der Waals surface area contributed by atoms with E-state index in [4.69, 9.17) is 4.98 Å². The second-order valence-electron chi connectivity index (χ2n) is 9.14. The standard InChI is InChI=1S/C22H30N2O3S2/c1-13-24-20-15(9-19(27)23-11-14-5-4-8-28-14)21(2)7-6-18(26)22(3,12-25)17(21)10-16(20)29-13/h4-5,8,15,17-18,25-26H,6-7,9-12H2,1-3H3,(H,23,27). The second-order valence-corrected chi connectivity index (χ2v) is 11.5. The highest BCUT2D eigenvalue weighted by molar-refractivity contribution is 7.11. The van der Waals surface area contributed by atoms with E-state index in [1.807, 2.05) is 31.4 Å². The molecule has 158 valence electrons. The van der Waals surface area contributed by atoms with Crippen LogP contribution in [0, 0.1) is 23.7 Å². The molecule has 2 aliphatic rings. The van der Waals surface area contributed by atoms with E-state index in [-0.39, 0.29) is 29.8 Å². The highest BCUT2D eigenvalue weighted by Gasteiger charge is 2.59. The number of hydrogen-bond donors (Lipinski definition) is 3. The van der Waals surface area contributed by atoms with Crippen LogP contribution in [0.15, 0.2) is 17.5 Å². The van der Waals surface area contributed by atoms with Gasteiger partial charge < -0.3 is 15.5 Å².